The van der Waals surface area contributed by atoms with Crippen LogP contribution in [0.2, 0.25) is 0 Å². The van der Waals surface area contributed by atoms with Gasteiger partial charge in [0.25, 0.3) is 0 Å². The van der Waals surface area contributed by atoms with Crippen LogP contribution >= 0.6 is 0 Å². The zero-order valence-electron chi connectivity index (χ0n) is 13.0. The number of hydrogen-bond acceptors (Lipinski definition) is 3. The summed E-state index contributed by atoms with van der Waals surface area (Å²) in [6, 6.07) is 5.23. The second kappa shape index (κ2) is 10.9. The average Bonchev–Trinajstić information content (AvgIpc) is 2.50. The summed E-state index contributed by atoms with van der Waals surface area (Å²) in [5, 5.41) is 6.42. The molecule has 1 aromatic rings. The Morgan fingerprint density at radius 3 is 2.81 bits per heavy atom. The lowest BCUT2D eigenvalue weighted by atomic mass is 10.3. The maximum absolute atomic E-state index is 11.5. The molecular formula is C15H26N4O2. The molecule has 0 bridgehead atoms. The van der Waals surface area contributed by atoms with E-state index in [1.807, 2.05) is 19.2 Å². The Hall–Kier alpha value is -1.82. The van der Waals surface area contributed by atoms with Gasteiger partial charge < -0.3 is 19.9 Å². The molecule has 0 aromatic carbocycles. The fourth-order valence-electron chi connectivity index (χ4n) is 1.87. The van der Waals surface area contributed by atoms with Crippen molar-refractivity contribution in [1.82, 2.24) is 15.2 Å². The van der Waals surface area contributed by atoms with Gasteiger partial charge in [-0.15, -0.1) is 0 Å². The van der Waals surface area contributed by atoms with Crippen molar-refractivity contribution in [2.45, 2.75) is 26.3 Å². The van der Waals surface area contributed by atoms with Crippen LogP contribution in [0.15, 0.2) is 34.2 Å². The Labute approximate surface area is 126 Å². The summed E-state index contributed by atoms with van der Waals surface area (Å²) in [6.07, 6.45) is 3.75. The van der Waals surface area contributed by atoms with Crippen LogP contribution in [0.25, 0.3) is 0 Å². The predicted molar refractivity (Wildman–Crippen MR) is 85.8 cm³/mol. The van der Waals surface area contributed by atoms with Crippen molar-refractivity contribution in [3.05, 3.63) is 34.7 Å². The van der Waals surface area contributed by atoms with E-state index in [4.69, 9.17) is 4.74 Å². The molecule has 0 amide bonds. The number of nitrogens with one attached hydrogen (secondary N) is 2. The molecule has 2 N–H and O–H groups in total. The van der Waals surface area contributed by atoms with Crippen molar-refractivity contribution in [2.75, 3.05) is 33.4 Å². The normalized spacial score (nSPS) is 11.4. The molecule has 0 spiro atoms. The number of aromatic nitrogens is 1. The summed E-state index contributed by atoms with van der Waals surface area (Å²) in [7, 11) is 1.75. The molecule has 0 unspecified atom stereocenters. The van der Waals surface area contributed by atoms with Crippen LogP contribution in [-0.4, -0.2) is 43.9 Å². The quantitative estimate of drug-likeness (QED) is 0.402. The Bertz CT molecular complexity index is 471. The molecule has 1 aromatic heterocycles. The highest BCUT2D eigenvalue weighted by Gasteiger charge is 1.97. The molecule has 0 atom stereocenters. The molecule has 0 aliphatic heterocycles. The number of aryl methyl sites for hydroxylation is 1. The van der Waals surface area contributed by atoms with E-state index in [2.05, 4.69) is 15.6 Å². The molecule has 0 saturated carbocycles. The van der Waals surface area contributed by atoms with Gasteiger partial charge >= 0.3 is 0 Å². The van der Waals surface area contributed by atoms with Crippen molar-refractivity contribution >= 4 is 5.96 Å². The maximum atomic E-state index is 11.5. The minimum Gasteiger partial charge on any atom is -0.380 e. The molecule has 6 heteroatoms. The first-order valence-electron chi connectivity index (χ1n) is 7.45. The average molecular weight is 294 g/mol. The van der Waals surface area contributed by atoms with Gasteiger partial charge in [-0.3, -0.25) is 9.79 Å². The van der Waals surface area contributed by atoms with Gasteiger partial charge in [-0.1, -0.05) is 6.07 Å². The highest BCUT2D eigenvalue weighted by atomic mass is 16.5. The standard InChI is InChI=1S/C15H26N4O2/c1-3-21-13-10-18-15(16-2)17-9-5-7-12-19-11-6-4-8-14(19)20/h4,6,8,11H,3,5,7,9-10,12-13H2,1-2H3,(H2,16,17,18). The minimum absolute atomic E-state index is 0.0545. The van der Waals surface area contributed by atoms with E-state index < -0.39 is 0 Å². The summed E-state index contributed by atoms with van der Waals surface area (Å²) in [4.78, 5) is 15.7. The van der Waals surface area contributed by atoms with Gasteiger partial charge in [0.2, 0.25) is 5.56 Å². The molecule has 1 heterocycles. The van der Waals surface area contributed by atoms with Gasteiger partial charge in [-0.25, -0.2) is 0 Å². The van der Waals surface area contributed by atoms with E-state index in [9.17, 15) is 4.79 Å². The highest BCUT2D eigenvalue weighted by Crippen LogP contribution is 1.92. The van der Waals surface area contributed by atoms with E-state index in [1.54, 1.807) is 23.7 Å². The van der Waals surface area contributed by atoms with Crippen LogP contribution < -0.4 is 16.2 Å². The number of aliphatic imine (C=N–C) groups is 1. The summed E-state index contributed by atoms with van der Waals surface area (Å²) in [5.41, 5.74) is 0.0545. The number of hydrogen-bond donors (Lipinski definition) is 2. The lowest BCUT2D eigenvalue weighted by Crippen LogP contribution is -2.39. The van der Waals surface area contributed by atoms with Crippen LogP contribution in [0, 0.1) is 0 Å². The van der Waals surface area contributed by atoms with Gasteiger partial charge in [-0.2, -0.15) is 0 Å². The number of rotatable bonds is 9. The van der Waals surface area contributed by atoms with Gasteiger partial charge in [0.1, 0.15) is 0 Å². The van der Waals surface area contributed by atoms with E-state index in [-0.39, 0.29) is 5.56 Å². The fourth-order valence-corrected chi connectivity index (χ4v) is 1.87. The molecule has 0 aliphatic carbocycles. The SMILES string of the molecule is CCOCCNC(=NC)NCCCCn1ccccc1=O. The minimum atomic E-state index is 0.0545. The summed E-state index contributed by atoms with van der Waals surface area (Å²) in [5.74, 6) is 0.784. The van der Waals surface area contributed by atoms with E-state index in [0.717, 1.165) is 45.0 Å². The van der Waals surface area contributed by atoms with E-state index in [1.165, 1.54) is 0 Å². The van der Waals surface area contributed by atoms with Crippen molar-refractivity contribution in [3.8, 4) is 0 Å². The first-order valence-corrected chi connectivity index (χ1v) is 7.45. The lowest BCUT2D eigenvalue weighted by molar-refractivity contribution is 0.152. The Morgan fingerprint density at radius 1 is 1.29 bits per heavy atom. The zero-order valence-corrected chi connectivity index (χ0v) is 13.0. The third kappa shape index (κ3) is 7.51. The predicted octanol–water partition coefficient (Wildman–Crippen LogP) is 0.830. The molecule has 0 radical (unpaired) electrons. The lowest BCUT2D eigenvalue weighted by Gasteiger charge is -2.12. The molecule has 0 aliphatic rings. The second-order valence-corrected chi connectivity index (χ2v) is 4.56. The number of pyridine rings is 1. The Morgan fingerprint density at radius 2 is 2.10 bits per heavy atom. The van der Waals surface area contributed by atoms with Crippen LogP contribution in [0.3, 0.4) is 0 Å². The number of guanidine groups is 1. The maximum Gasteiger partial charge on any atom is 0.250 e. The largest absolute Gasteiger partial charge is 0.380 e. The van der Waals surface area contributed by atoms with Crippen molar-refractivity contribution in [3.63, 3.8) is 0 Å². The van der Waals surface area contributed by atoms with Crippen LogP contribution in [-0.2, 0) is 11.3 Å². The first kappa shape index (κ1) is 17.2. The van der Waals surface area contributed by atoms with Gasteiger partial charge in [0.05, 0.1) is 6.61 Å². The third-order valence-corrected chi connectivity index (χ3v) is 2.98. The molecular weight excluding hydrogens is 268 g/mol. The molecule has 118 valence electrons. The summed E-state index contributed by atoms with van der Waals surface area (Å²) >= 11 is 0. The van der Waals surface area contributed by atoms with E-state index >= 15 is 0 Å². The van der Waals surface area contributed by atoms with Crippen molar-refractivity contribution in [1.29, 1.82) is 0 Å². The molecule has 21 heavy (non-hydrogen) atoms. The van der Waals surface area contributed by atoms with Gasteiger partial charge in [0, 0.05) is 45.6 Å². The third-order valence-electron chi connectivity index (χ3n) is 2.98. The molecule has 0 saturated heterocycles. The number of ether oxygens (including phenoxy) is 1. The molecule has 0 fully saturated rings. The summed E-state index contributed by atoms with van der Waals surface area (Å²) in [6.45, 7) is 5.70. The topological polar surface area (TPSA) is 67.7 Å². The van der Waals surface area contributed by atoms with Crippen molar-refractivity contribution in [2.24, 2.45) is 4.99 Å². The van der Waals surface area contributed by atoms with Crippen molar-refractivity contribution < 1.29 is 4.74 Å². The zero-order chi connectivity index (χ0) is 15.3. The van der Waals surface area contributed by atoms with E-state index in [0.29, 0.717) is 6.61 Å². The number of nitrogens with zero attached hydrogens (tertiary/aromatic N) is 2. The second-order valence-electron chi connectivity index (χ2n) is 4.56. The Balaban J connectivity index is 2.12. The van der Waals surface area contributed by atoms with Crippen LogP contribution in [0.1, 0.15) is 19.8 Å². The van der Waals surface area contributed by atoms with Gasteiger partial charge in [-0.05, 0) is 25.8 Å². The smallest absolute Gasteiger partial charge is 0.250 e. The highest BCUT2D eigenvalue weighted by molar-refractivity contribution is 5.79. The monoisotopic (exact) mass is 294 g/mol. The van der Waals surface area contributed by atoms with Gasteiger partial charge in [0.15, 0.2) is 5.96 Å². The molecule has 6 nitrogen and oxygen atoms in total. The first-order chi connectivity index (χ1) is 10.3. The molecule has 1 rings (SSSR count). The van der Waals surface area contributed by atoms with Crippen LogP contribution in [0.4, 0.5) is 0 Å². The number of unbranched alkanes of at least 4 members (excludes halogenated alkanes) is 1. The summed E-state index contributed by atoms with van der Waals surface area (Å²) < 4.78 is 6.99. The Kier molecular flexibility index (Phi) is 8.95. The fraction of sp³-hybridized carbons (Fsp3) is 0.600. The van der Waals surface area contributed by atoms with Crippen LogP contribution in [0.5, 0.6) is 0 Å².